The third kappa shape index (κ3) is 4.40. The summed E-state index contributed by atoms with van der Waals surface area (Å²) >= 11 is 11.2. The van der Waals surface area contributed by atoms with E-state index in [0.717, 1.165) is 11.3 Å². The number of ether oxygens (including phenoxy) is 1. The zero-order valence-electron chi connectivity index (χ0n) is 14.6. The van der Waals surface area contributed by atoms with E-state index in [-0.39, 0.29) is 16.8 Å². The van der Waals surface area contributed by atoms with Crippen molar-refractivity contribution in [1.29, 1.82) is 0 Å². The van der Waals surface area contributed by atoms with E-state index >= 15 is 0 Å². The number of carbonyl (C=O) groups excluding carboxylic acids is 1. The normalized spacial score (nSPS) is 10.7. The van der Waals surface area contributed by atoms with Crippen molar-refractivity contribution in [3.05, 3.63) is 66.1 Å². The molecule has 0 fully saturated rings. The van der Waals surface area contributed by atoms with Gasteiger partial charge in [-0.25, -0.2) is 9.18 Å². The number of benzene rings is 2. The van der Waals surface area contributed by atoms with Crippen molar-refractivity contribution in [3.63, 3.8) is 0 Å². The summed E-state index contributed by atoms with van der Waals surface area (Å²) in [6.07, 6.45) is 0. The molecule has 2 N–H and O–H groups in total. The van der Waals surface area contributed by atoms with Gasteiger partial charge in [0.1, 0.15) is 17.1 Å². The minimum absolute atomic E-state index is 0.104. The number of hydrogen-bond acceptors (Lipinski definition) is 4. The largest absolute Gasteiger partial charge is 0.494 e. The molecule has 0 spiro atoms. The highest BCUT2D eigenvalue weighted by atomic mass is 79.9. The summed E-state index contributed by atoms with van der Waals surface area (Å²) in [5.41, 5.74) is 0.679. The molecule has 3 aromatic rings. The van der Waals surface area contributed by atoms with Gasteiger partial charge in [-0.05, 0) is 71.6 Å². The second-order valence-corrected chi connectivity index (χ2v) is 9.01. The Morgan fingerprint density at radius 3 is 2.52 bits per heavy atom. The summed E-state index contributed by atoms with van der Waals surface area (Å²) in [6, 6.07) is 7.21. The van der Waals surface area contributed by atoms with E-state index in [1.807, 2.05) is 0 Å². The summed E-state index contributed by atoms with van der Waals surface area (Å²) in [7, 11) is 1.46. The van der Waals surface area contributed by atoms with Crippen LogP contribution in [0, 0.1) is 5.82 Å². The molecule has 0 aliphatic rings. The molecule has 0 saturated heterocycles. The monoisotopic (exact) mass is 605 g/mol. The average molecular weight is 608 g/mol. The van der Waals surface area contributed by atoms with Crippen LogP contribution in [0.1, 0.15) is 20.7 Å². The number of hydrogen-bond donors (Lipinski definition) is 2. The van der Waals surface area contributed by atoms with Crippen molar-refractivity contribution < 1.29 is 23.8 Å². The highest BCUT2D eigenvalue weighted by Crippen LogP contribution is 2.42. The van der Waals surface area contributed by atoms with Crippen LogP contribution in [0.5, 0.6) is 5.75 Å². The Morgan fingerprint density at radius 1 is 1.17 bits per heavy atom. The van der Waals surface area contributed by atoms with Gasteiger partial charge >= 0.3 is 5.97 Å². The van der Waals surface area contributed by atoms with Gasteiger partial charge in [-0.1, -0.05) is 12.1 Å². The maximum Gasteiger partial charge on any atom is 0.339 e. The Labute approximate surface area is 194 Å². The number of carbonyl (C=O) groups is 2. The summed E-state index contributed by atoms with van der Waals surface area (Å²) in [5.74, 6) is -1.83. The fourth-order valence-corrected chi connectivity index (χ4v) is 5.41. The molecule has 0 aliphatic heterocycles. The lowest BCUT2D eigenvalue weighted by Gasteiger charge is -2.13. The fraction of sp³-hybridized carbons (Fsp3) is 0.0526. The first kappa shape index (κ1) is 21.9. The van der Waals surface area contributed by atoms with E-state index in [4.69, 9.17) is 4.74 Å². The number of carboxylic acid groups (broad SMARTS) is 1. The van der Waals surface area contributed by atoms with Gasteiger partial charge in [-0.2, -0.15) is 0 Å². The van der Waals surface area contributed by atoms with E-state index in [1.54, 1.807) is 12.1 Å². The van der Waals surface area contributed by atoms with Crippen LogP contribution >= 0.6 is 59.1 Å². The summed E-state index contributed by atoms with van der Waals surface area (Å²) in [6.45, 7) is 0. The molecular weight excluding hydrogens is 597 g/mol. The van der Waals surface area contributed by atoms with Gasteiger partial charge in [0.15, 0.2) is 0 Å². The van der Waals surface area contributed by atoms with Crippen LogP contribution in [-0.2, 0) is 0 Å². The molecule has 3 rings (SSSR count). The molecule has 1 heterocycles. The number of carboxylic acids is 1. The lowest BCUT2D eigenvalue weighted by atomic mass is 10.1. The van der Waals surface area contributed by atoms with E-state index in [2.05, 4.69) is 53.1 Å². The molecule has 0 atom stereocenters. The van der Waals surface area contributed by atoms with E-state index in [9.17, 15) is 19.1 Å². The SMILES string of the molecule is COc1c(Br)c(Br)cc(C(=O)Nc2csc(-c3cccc(F)c3)c2C(=O)O)c1Br. The molecule has 0 saturated carbocycles. The summed E-state index contributed by atoms with van der Waals surface area (Å²) in [5, 5.41) is 13.8. The second kappa shape index (κ2) is 8.95. The molecule has 5 nitrogen and oxygen atoms in total. The van der Waals surface area contributed by atoms with Gasteiger partial charge in [0.2, 0.25) is 0 Å². The van der Waals surface area contributed by atoms with Crippen LogP contribution in [0.3, 0.4) is 0 Å². The highest BCUT2D eigenvalue weighted by molar-refractivity contribution is 9.13. The molecule has 0 radical (unpaired) electrons. The lowest BCUT2D eigenvalue weighted by molar-refractivity contribution is 0.0699. The van der Waals surface area contributed by atoms with Crippen LogP contribution in [0.4, 0.5) is 10.1 Å². The molecule has 0 aliphatic carbocycles. The predicted octanol–water partition coefficient (Wildman–Crippen LogP) is 6.80. The third-order valence-corrected chi connectivity index (χ3v) is 7.67. The fourth-order valence-electron chi connectivity index (χ4n) is 2.62. The summed E-state index contributed by atoms with van der Waals surface area (Å²) < 4.78 is 20.5. The Morgan fingerprint density at radius 2 is 1.90 bits per heavy atom. The van der Waals surface area contributed by atoms with Crippen molar-refractivity contribution in [2.75, 3.05) is 12.4 Å². The minimum atomic E-state index is -1.23. The van der Waals surface area contributed by atoms with E-state index in [0.29, 0.717) is 29.6 Å². The number of anilines is 1. The first-order chi connectivity index (χ1) is 13.7. The second-order valence-electron chi connectivity index (χ2n) is 5.69. The number of aromatic carboxylic acids is 1. The highest BCUT2D eigenvalue weighted by Gasteiger charge is 2.24. The Bertz CT molecular complexity index is 1130. The predicted molar refractivity (Wildman–Crippen MR) is 121 cm³/mol. The standard InChI is InChI=1S/C19H11Br3FNO4S/c1-28-16-14(21)10(6-11(20)15(16)22)18(25)24-12-7-29-17(13(12)19(26)27)8-3-2-4-9(23)5-8/h2-7H,1H3,(H,24,25)(H,26,27). The first-order valence-electron chi connectivity index (χ1n) is 7.88. The van der Waals surface area contributed by atoms with Gasteiger partial charge in [0, 0.05) is 9.85 Å². The maximum absolute atomic E-state index is 13.6. The average Bonchev–Trinajstić information content (AvgIpc) is 3.09. The van der Waals surface area contributed by atoms with Crippen LogP contribution < -0.4 is 10.1 Å². The number of methoxy groups -OCH3 is 1. The van der Waals surface area contributed by atoms with Gasteiger partial charge in [0.05, 0.1) is 32.2 Å². The molecule has 1 amide bonds. The molecular formula is C19H11Br3FNO4S. The number of amides is 1. The van der Waals surface area contributed by atoms with Gasteiger partial charge in [-0.15, -0.1) is 11.3 Å². The van der Waals surface area contributed by atoms with Crippen molar-refractivity contribution in [3.8, 4) is 16.2 Å². The number of thiophene rings is 1. The molecule has 2 aromatic carbocycles. The van der Waals surface area contributed by atoms with Crippen LogP contribution in [0.25, 0.3) is 10.4 Å². The molecule has 10 heteroatoms. The van der Waals surface area contributed by atoms with Crippen LogP contribution in [0.15, 0.2) is 49.1 Å². The number of nitrogens with one attached hydrogen (secondary N) is 1. The number of rotatable bonds is 5. The smallest absolute Gasteiger partial charge is 0.339 e. The lowest BCUT2D eigenvalue weighted by Crippen LogP contribution is -2.15. The molecule has 0 unspecified atom stereocenters. The Kier molecular flexibility index (Phi) is 6.77. The molecule has 0 bridgehead atoms. The van der Waals surface area contributed by atoms with E-state index in [1.165, 1.54) is 30.7 Å². The third-order valence-electron chi connectivity index (χ3n) is 3.90. The molecule has 29 heavy (non-hydrogen) atoms. The van der Waals surface area contributed by atoms with Gasteiger partial charge in [0.25, 0.3) is 5.91 Å². The van der Waals surface area contributed by atoms with Crippen LogP contribution in [-0.4, -0.2) is 24.1 Å². The zero-order chi connectivity index (χ0) is 21.3. The van der Waals surface area contributed by atoms with Crippen molar-refractivity contribution in [1.82, 2.24) is 0 Å². The molecule has 150 valence electrons. The Balaban J connectivity index is 2.03. The maximum atomic E-state index is 13.6. The van der Waals surface area contributed by atoms with Gasteiger partial charge in [-0.3, -0.25) is 4.79 Å². The van der Waals surface area contributed by atoms with Crippen molar-refractivity contribution in [2.24, 2.45) is 0 Å². The zero-order valence-corrected chi connectivity index (χ0v) is 20.1. The van der Waals surface area contributed by atoms with Gasteiger partial charge < -0.3 is 15.2 Å². The quantitative estimate of drug-likeness (QED) is 0.313. The van der Waals surface area contributed by atoms with Crippen molar-refractivity contribution in [2.45, 2.75) is 0 Å². The van der Waals surface area contributed by atoms with Crippen molar-refractivity contribution >= 4 is 76.7 Å². The van der Waals surface area contributed by atoms with Crippen LogP contribution in [0.2, 0.25) is 0 Å². The summed E-state index contributed by atoms with van der Waals surface area (Å²) in [4.78, 5) is 25.1. The first-order valence-corrected chi connectivity index (χ1v) is 11.1. The number of halogens is 4. The topological polar surface area (TPSA) is 75.6 Å². The van der Waals surface area contributed by atoms with E-state index < -0.39 is 17.7 Å². The Hall–Kier alpha value is -1.75. The minimum Gasteiger partial charge on any atom is -0.494 e. The molecule has 1 aromatic heterocycles.